The maximum absolute atomic E-state index is 2.46. The first kappa shape index (κ1) is 25.6. The molecule has 1 aliphatic carbocycles. The van der Waals surface area contributed by atoms with Gasteiger partial charge in [-0.25, -0.2) is 0 Å². The molecule has 0 radical (unpaired) electrons. The highest BCUT2D eigenvalue weighted by Crippen LogP contribution is 2.53. The van der Waals surface area contributed by atoms with Crippen molar-refractivity contribution >= 4 is 111 Å². The van der Waals surface area contributed by atoms with Crippen LogP contribution in [0.25, 0.3) is 63.4 Å². The second kappa shape index (κ2) is 9.22. The van der Waals surface area contributed by atoms with E-state index in [2.05, 4.69) is 84.0 Å². The van der Waals surface area contributed by atoms with Gasteiger partial charge < -0.3 is 0 Å². The fraction of sp³-hybridized carbons (Fsp3) is 0.235. The van der Waals surface area contributed by atoms with Crippen LogP contribution in [-0.4, -0.2) is 0 Å². The van der Waals surface area contributed by atoms with Gasteiger partial charge in [0.2, 0.25) is 0 Å². The normalized spacial score (nSPS) is 16.4. The summed E-state index contributed by atoms with van der Waals surface area (Å²) in [5, 5.41) is 0. The fourth-order valence-electron chi connectivity index (χ4n) is 6.66. The van der Waals surface area contributed by atoms with E-state index in [1.54, 1.807) is 5.57 Å². The predicted molar refractivity (Wildman–Crippen MR) is 189 cm³/mol. The summed E-state index contributed by atoms with van der Waals surface area (Å²) in [5.41, 5.74) is 10.0. The Balaban J connectivity index is 1.19. The molecule has 200 valence electrons. The predicted octanol–water partition coefficient (Wildman–Crippen LogP) is 13.7. The quantitative estimate of drug-likeness (QED) is 0.183. The summed E-state index contributed by atoms with van der Waals surface area (Å²) in [7, 11) is 0. The second-order valence-corrected chi connectivity index (χ2v) is 17.8. The molecule has 0 N–H and O–H groups in total. The van der Waals surface area contributed by atoms with Gasteiger partial charge in [0.1, 0.15) is 0 Å². The molecule has 0 amide bonds. The molecule has 8 rings (SSSR count). The molecule has 0 spiro atoms. The molecule has 6 heteroatoms. The minimum Gasteiger partial charge on any atom is -0.133 e. The average Bonchev–Trinajstić information content (AvgIpc) is 3.65. The Labute approximate surface area is 258 Å². The number of aryl methyl sites for hydroxylation is 3. The van der Waals surface area contributed by atoms with Gasteiger partial charge in [-0.2, -0.15) is 0 Å². The number of hydrogen-bond acceptors (Lipinski definition) is 6. The summed E-state index contributed by atoms with van der Waals surface area (Å²) in [4.78, 5) is 5.71. The summed E-state index contributed by atoms with van der Waals surface area (Å²) < 4.78 is 11.6. The molecule has 0 saturated carbocycles. The van der Waals surface area contributed by atoms with Crippen LogP contribution in [0.15, 0.2) is 53.6 Å². The number of benzene rings is 1. The van der Waals surface area contributed by atoms with Gasteiger partial charge in [-0.05, 0) is 99.1 Å². The van der Waals surface area contributed by atoms with Crippen molar-refractivity contribution in [3.8, 4) is 20.2 Å². The van der Waals surface area contributed by atoms with Crippen molar-refractivity contribution in [3.05, 3.63) is 75.2 Å². The van der Waals surface area contributed by atoms with E-state index in [9.17, 15) is 0 Å². The number of thiophene rings is 6. The molecular formula is C34H28S6. The van der Waals surface area contributed by atoms with Crippen LogP contribution in [0.4, 0.5) is 0 Å². The Morgan fingerprint density at radius 1 is 0.550 bits per heavy atom. The van der Waals surface area contributed by atoms with Gasteiger partial charge in [-0.15, -0.1) is 68.0 Å². The maximum Gasteiger partial charge on any atom is 0.0636 e. The Hall–Kier alpha value is -2.06. The Morgan fingerprint density at radius 2 is 1.00 bits per heavy atom. The van der Waals surface area contributed by atoms with Crippen LogP contribution in [0.5, 0.6) is 0 Å². The van der Waals surface area contributed by atoms with Crippen LogP contribution < -0.4 is 0 Å². The SMILES string of the molecule is CC1=CC(C)=C(c2cc3sc4cc(-c5cc6sc7cc(-c8c(C)cc(C)cc8C)sc7c6s5)sc4c3s2)C(C)C1. The van der Waals surface area contributed by atoms with Crippen LogP contribution in [-0.2, 0) is 0 Å². The monoisotopic (exact) mass is 628 g/mol. The molecule has 0 bridgehead atoms. The maximum atomic E-state index is 2.46. The van der Waals surface area contributed by atoms with Gasteiger partial charge in [-0.3, -0.25) is 0 Å². The van der Waals surface area contributed by atoms with E-state index in [1.165, 1.54) is 96.9 Å². The van der Waals surface area contributed by atoms with E-state index in [4.69, 9.17) is 0 Å². The minimum atomic E-state index is 0.597. The van der Waals surface area contributed by atoms with Crippen LogP contribution in [0.2, 0.25) is 0 Å². The molecule has 6 aromatic heterocycles. The van der Waals surface area contributed by atoms with Gasteiger partial charge in [0.15, 0.2) is 0 Å². The Kier molecular flexibility index (Phi) is 5.91. The summed E-state index contributed by atoms with van der Waals surface area (Å²) in [6.07, 6.45) is 3.57. The third-order valence-corrected chi connectivity index (χ3v) is 15.9. The van der Waals surface area contributed by atoms with E-state index >= 15 is 0 Å². The van der Waals surface area contributed by atoms with Crippen molar-refractivity contribution < 1.29 is 0 Å². The highest BCUT2D eigenvalue weighted by Gasteiger charge is 2.23. The third kappa shape index (κ3) is 3.91. The molecule has 0 saturated heterocycles. The average molecular weight is 629 g/mol. The highest BCUT2D eigenvalue weighted by atomic mass is 32.1. The summed E-state index contributed by atoms with van der Waals surface area (Å²) in [5.74, 6) is 0.597. The van der Waals surface area contributed by atoms with Crippen LogP contribution in [0.3, 0.4) is 0 Å². The molecule has 1 atom stereocenters. The second-order valence-electron chi connectivity index (χ2n) is 11.4. The third-order valence-electron chi connectivity index (χ3n) is 8.08. The number of allylic oxidation sites excluding steroid dienone is 4. The van der Waals surface area contributed by atoms with Crippen molar-refractivity contribution in [2.75, 3.05) is 0 Å². The molecule has 40 heavy (non-hydrogen) atoms. The minimum absolute atomic E-state index is 0.597. The Bertz CT molecular complexity index is 2180. The van der Waals surface area contributed by atoms with Gasteiger partial charge in [0.05, 0.1) is 18.8 Å². The molecule has 0 aliphatic heterocycles. The van der Waals surface area contributed by atoms with E-state index in [0.717, 1.165) is 0 Å². The first-order valence-corrected chi connectivity index (χ1v) is 18.5. The van der Waals surface area contributed by atoms with E-state index in [1.807, 2.05) is 68.0 Å². The zero-order valence-electron chi connectivity index (χ0n) is 23.3. The summed E-state index contributed by atoms with van der Waals surface area (Å²) in [6, 6.07) is 14.4. The van der Waals surface area contributed by atoms with Crippen molar-refractivity contribution in [2.24, 2.45) is 5.92 Å². The van der Waals surface area contributed by atoms with E-state index < -0.39 is 0 Å². The van der Waals surface area contributed by atoms with Gasteiger partial charge in [0, 0.05) is 38.3 Å². The first-order chi connectivity index (χ1) is 19.2. The molecule has 0 nitrogen and oxygen atoms in total. The lowest BCUT2D eigenvalue weighted by molar-refractivity contribution is 0.723. The standard InChI is InChI=1S/C34H28S6/c1-15-7-17(3)29(18(4)8-15)23-13-27-33(39-23)31-25(35-27)11-21(37-31)22-12-26-32(38-22)34-28(36-26)14-24(40-34)30-19(5)9-16(2)10-20(30)6/h7-9,11-14,20H,10H2,1-6H3. The van der Waals surface area contributed by atoms with Crippen molar-refractivity contribution in [1.82, 2.24) is 0 Å². The largest absolute Gasteiger partial charge is 0.133 e. The smallest absolute Gasteiger partial charge is 0.0636 e. The number of hydrogen-bond donors (Lipinski definition) is 0. The Morgan fingerprint density at radius 3 is 1.52 bits per heavy atom. The number of rotatable bonds is 3. The molecule has 6 heterocycles. The van der Waals surface area contributed by atoms with E-state index in [0.29, 0.717) is 5.92 Å². The molecule has 0 fully saturated rings. The lowest BCUT2D eigenvalue weighted by Crippen LogP contribution is -2.05. The number of fused-ring (bicyclic) bond motifs is 6. The summed E-state index contributed by atoms with van der Waals surface area (Å²) >= 11 is 11.9. The molecule has 1 aliphatic rings. The lowest BCUT2D eigenvalue weighted by atomic mass is 9.84. The van der Waals surface area contributed by atoms with Crippen LogP contribution in [0.1, 0.15) is 48.8 Å². The van der Waals surface area contributed by atoms with E-state index in [-0.39, 0.29) is 0 Å². The highest BCUT2D eigenvalue weighted by molar-refractivity contribution is 7.42. The first-order valence-electron chi connectivity index (χ1n) is 13.6. The van der Waals surface area contributed by atoms with Crippen LogP contribution >= 0.6 is 68.0 Å². The molecular weight excluding hydrogens is 601 g/mol. The van der Waals surface area contributed by atoms with Gasteiger partial charge >= 0.3 is 0 Å². The molecule has 1 unspecified atom stereocenters. The molecule has 1 aromatic carbocycles. The van der Waals surface area contributed by atoms with Crippen molar-refractivity contribution in [3.63, 3.8) is 0 Å². The fourth-order valence-corrected chi connectivity index (χ4v) is 15.2. The topological polar surface area (TPSA) is 0 Å². The zero-order chi connectivity index (χ0) is 27.4. The van der Waals surface area contributed by atoms with Crippen molar-refractivity contribution in [2.45, 2.75) is 48.0 Å². The van der Waals surface area contributed by atoms with Crippen LogP contribution in [0, 0.1) is 26.7 Å². The van der Waals surface area contributed by atoms with Gasteiger partial charge in [0.25, 0.3) is 0 Å². The lowest BCUT2D eigenvalue weighted by Gasteiger charge is -2.22. The molecule has 7 aromatic rings. The van der Waals surface area contributed by atoms with Gasteiger partial charge in [-0.1, -0.05) is 36.3 Å². The zero-order valence-corrected chi connectivity index (χ0v) is 28.2. The summed E-state index contributed by atoms with van der Waals surface area (Å²) in [6.45, 7) is 13.6. The van der Waals surface area contributed by atoms with Crippen molar-refractivity contribution in [1.29, 1.82) is 0 Å².